The van der Waals surface area contributed by atoms with Crippen molar-refractivity contribution < 1.29 is 18.8 Å². The van der Waals surface area contributed by atoms with Crippen LogP contribution in [-0.4, -0.2) is 59.2 Å². The van der Waals surface area contributed by atoms with Gasteiger partial charge in [0, 0.05) is 44.4 Å². The molecule has 0 bridgehead atoms. The van der Waals surface area contributed by atoms with Crippen LogP contribution in [0.3, 0.4) is 0 Å². The average Bonchev–Trinajstić information content (AvgIpc) is 3.05. The topological polar surface area (TPSA) is 96.6 Å². The number of likely N-dealkylation sites (tertiary alicyclic amines) is 2. The number of hydrogen-bond donors (Lipinski definition) is 1. The second-order valence-corrected chi connectivity index (χ2v) is 7.90. The molecule has 0 spiro atoms. The minimum atomic E-state index is -0.593. The van der Waals surface area contributed by atoms with Crippen molar-refractivity contribution in [2.75, 3.05) is 26.7 Å². The molecule has 2 fully saturated rings. The molecular weight excluding hydrogens is 375 g/mol. The lowest BCUT2D eigenvalue weighted by atomic mass is 9.89. The fourth-order valence-electron chi connectivity index (χ4n) is 4.33. The lowest BCUT2D eigenvalue weighted by molar-refractivity contribution is -0.136. The molecule has 7 nitrogen and oxygen atoms in total. The Kier molecular flexibility index (Phi) is 4.94. The first kappa shape index (κ1) is 19.3. The first-order chi connectivity index (χ1) is 13.8. The molecule has 0 radical (unpaired) electrons. The number of rotatable bonds is 3. The van der Waals surface area contributed by atoms with Crippen molar-refractivity contribution in [2.45, 2.75) is 25.2 Å². The zero-order chi connectivity index (χ0) is 20.7. The zero-order valence-electron chi connectivity index (χ0n) is 16.2. The van der Waals surface area contributed by atoms with Crippen LogP contribution in [0.1, 0.15) is 41.2 Å². The van der Waals surface area contributed by atoms with Gasteiger partial charge in [0.2, 0.25) is 11.8 Å². The molecule has 1 atom stereocenters. The van der Waals surface area contributed by atoms with Crippen molar-refractivity contribution >= 4 is 28.6 Å². The molecule has 29 heavy (non-hydrogen) atoms. The largest absolute Gasteiger partial charge is 0.366 e. The third kappa shape index (κ3) is 3.66. The van der Waals surface area contributed by atoms with E-state index in [9.17, 15) is 18.8 Å². The van der Waals surface area contributed by atoms with Crippen molar-refractivity contribution in [1.82, 2.24) is 14.8 Å². The van der Waals surface area contributed by atoms with Crippen LogP contribution in [0.5, 0.6) is 0 Å². The predicted octanol–water partition coefficient (Wildman–Crippen LogP) is 1.66. The molecule has 152 valence electrons. The summed E-state index contributed by atoms with van der Waals surface area (Å²) in [5, 5.41) is 0.533. The highest BCUT2D eigenvalue weighted by Gasteiger charge is 2.36. The van der Waals surface area contributed by atoms with E-state index in [1.54, 1.807) is 29.0 Å². The summed E-state index contributed by atoms with van der Waals surface area (Å²) in [6, 6.07) is 5.86. The number of benzene rings is 1. The second-order valence-electron chi connectivity index (χ2n) is 7.90. The van der Waals surface area contributed by atoms with Gasteiger partial charge < -0.3 is 15.5 Å². The number of pyridine rings is 1. The Hall–Kier alpha value is -3.03. The van der Waals surface area contributed by atoms with Crippen molar-refractivity contribution in [3.05, 3.63) is 41.3 Å². The van der Waals surface area contributed by atoms with Crippen LogP contribution in [-0.2, 0) is 9.59 Å². The molecule has 0 aliphatic carbocycles. The molecule has 3 heterocycles. The quantitative estimate of drug-likeness (QED) is 0.850. The summed E-state index contributed by atoms with van der Waals surface area (Å²) in [5.74, 6) is -1.27. The third-order valence-corrected chi connectivity index (χ3v) is 5.96. The summed E-state index contributed by atoms with van der Waals surface area (Å²) in [7, 11) is 1.71. The van der Waals surface area contributed by atoms with E-state index >= 15 is 0 Å². The van der Waals surface area contributed by atoms with E-state index in [1.807, 2.05) is 0 Å². The minimum absolute atomic E-state index is 0.00105. The third-order valence-electron chi connectivity index (χ3n) is 5.96. The smallest absolute Gasteiger partial charge is 0.250 e. The highest BCUT2D eigenvalue weighted by Crippen LogP contribution is 2.32. The van der Waals surface area contributed by atoms with Crippen LogP contribution in [0.15, 0.2) is 24.3 Å². The highest BCUT2D eigenvalue weighted by molar-refractivity contribution is 5.98. The van der Waals surface area contributed by atoms with Gasteiger partial charge in [-0.15, -0.1) is 0 Å². The summed E-state index contributed by atoms with van der Waals surface area (Å²) >= 11 is 0. The Labute approximate surface area is 167 Å². The van der Waals surface area contributed by atoms with Gasteiger partial charge in [0.25, 0.3) is 5.91 Å². The number of amides is 3. The maximum Gasteiger partial charge on any atom is 0.250 e. The zero-order valence-corrected chi connectivity index (χ0v) is 16.2. The van der Waals surface area contributed by atoms with Gasteiger partial charge in [-0.25, -0.2) is 4.39 Å². The molecule has 2 aliphatic rings. The molecule has 3 amide bonds. The maximum absolute atomic E-state index is 13.5. The van der Waals surface area contributed by atoms with E-state index in [2.05, 4.69) is 4.98 Å². The maximum atomic E-state index is 13.5. The number of nitrogens with zero attached hydrogens (tertiary/aromatic N) is 3. The predicted molar refractivity (Wildman–Crippen MR) is 105 cm³/mol. The lowest BCUT2D eigenvalue weighted by Gasteiger charge is -2.33. The van der Waals surface area contributed by atoms with Crippen molar-refractivity contribution in [1.29, 1.82) is 0 Å². The molecular formula is C21H23FN4O3. The number of piperidine rings is 1. The molecule has 1 unspecified atom stereocenters. The molecule has 1 aromatic carbocycles. The molecule has 0 saturated carbocycles. The van der Waals surface area contributed by atoms with Gasteiger partial charge >= 0.3 is 0 Å². The molecule has 2 N–H and O–H groups in total. The number of fused-ring (bicyclic) bond motifs is 1. The SMILES string of the molecule is CN1CC(C(=O)N2CCC(c3nc4ccc(F)cc4cc3C(N)=O)CC2)CC1=O. The Morgan fingerprint density at radius 1 is 1.21 bits per heavy atom. The van der Waals surface area contributed by atoms with Gasteiger partial charge in [0.05, 0.1) is 22.7 Å². The van der Waals surface area contributed by atoms with E-state index in [1.165, 1.54) is 12.1 Å². The number of nitrogens with two attached hydrogens (primary N) is 1. The Morgan fingerprint density at radius 3 is 2.55 bits per heavy atom. The van der Waals surface area contributed by atoms with Crippen molar-refractivity contribution in [2.24, 2.45) is 11.7 Å². The van der Waals surface area contributed by atoms with E-state index in [-0.39, 0.29) is 30.1 Å². The fraction of sp³-hybridized carbons (Fsp3) is 0.429. The van der Waals surface area contributed by atoms with Crippen molar-refractivity contribution in [3.63, 3.8) is 0 Å². The van der Waals surface area contributed by atoms with Gasteiger partial charge in [-0.1, -0.05) is 0 Å². The van der Waals surface area contributed by atoms with Gasteiger partial charge in [0.1, 0.15) is 5.82 Å². The molecule has 8 heteroatoms. The van der Waals surface area contributed by atoms with Crippen LogP contribution in [0.25, 0.3) is 10.9 Å². The van der Waals surface area contributed by atoms with E-state index in [4.69, 9.17) is 5.73 Å². The van der Waals surface area contributed by atoms with Crippen LogP contribution in [0, 0.1) is 11.7 Å². The first-order valence-electron chi connectivity index (χ1n) is 9.76. The Morgan fingerprint density at radius 2 is 1.93 bits per heavy atom. The minimum Gasteiger partial charge on any atom is -0.366 e. The van der Waals surface area contributed by atoms with Gasteiger partial charge in [-0.3, -0.25) is 19.4 Å². The van der Waals surface area contributed by atoms with Gasteiger partial charge in [-0.05, 0) is 37.1 Å². The van der Waals surface area contributed by atoms with Crippen LogP contribution in [0.2, 0.25) is 0 Å². The van der Waals surface area contributed by atoms with Gasteiger partial charge in [0.15, 0.2) is 0 Å². The molecule has 4 rings (SSSR count). The number of carbonyl (C=O) groups is 3. The summed E-state index contributed by atoms with van der Waals surface area (Å²) in [5.41, 5.74) is 7.08. The second kappa shape index (κ2) is 7.42. The average molecular weight is 398 g/mol. The summed E-state index contributed by atoms with van der Waals surface area (Å²) in [6.45, 7) is 1.55. The van der Waals surface area contributed by atoms with Crippen LogP contribution in [0.4, 0.5) is 4.39 Å². The summed E-state index contributed by atoms with van der Waals surface area (Å²) < 4.78 is 13.5. The normalized spacial score (nSPS) is 20.5. The summed E-state index contributed by atoms with van der Waals surface area (Å²) in [6.07, 6.45) is 1.58. The summed E-state index contributed by atoms with van der Waals surface area (Å²) in [4.78, 5) is 44.4. The van der Waals surface area contributed by atoms with E-state index in [0.29, 0.717) is 54.6 Å². The number of carbonyl (C=O) groups excluding carboxylic acids is 3. The Balaban J connectivity index is 1.52. The van der Waals surface area contributed by atoms with Crippen LogP contribution < -0.4 is 5.73 Å². The van der Waals surface area contributed by atoms with Gasteiger partial charge in [-0.2, -0.15) is 0 Å². The lowest BCUT2D eigenvalue weighted by Crippen LogP contribution is -2.42. The fourth-order valence-corrected chi connectivity index (χ4v) is 4.33. The highest BCUT2D eigenvalue weighted by atomic mass is 19.1. The standard InChI is InChI=1S/C21H23FN4O3/c1-25-11-14(10-18(25)27)21(29)26-6-4-12(5-7-26)19-16(20(23)28)9-13-8-15(22)2-3-17(13)24-19/h2-3,8-9,12,14H,4-7,10-11H2,1H3,(H2,23,28). The molecule has 2 saturated heterocycles. The number of aromatic nitrogens is 1. The molecule has 2 aliphatic heterocycles. The molecule has 2 aromatic rings. The van der Waals surface area contributed by atoms with E-state index < -0.39 is 11.7 Å². The Bertz CT molecular complexity index is 1000. The first-order valence-corrected chi connectivity index (χ1v) is 9.76. The number of halogens is 1. The number of hydrogen-bond acceptors (Lipinski definition) is 4. The number of primary amides is 1. The van der Waals surface area contributed by atoms with Crippen molar-refractivity contribution in [3.8, 4) is 0 Å². The molecule has 1 aromatic heterocycles. The van der Waals surface area contributed by atoms with Crippen LogP contribution >= 0.6 is 0 Å². The van der Waals surface area contributed by atoms with E-state index in [0.717, 1.165) is 0 Å². The monoisotopic (exact) mass is 398 g/mol.